The predicted molar refractivity (Wildman–Crippen MR) is 111 cm³/mol. The zero-order valence-electron chi connectivity index (χ0n) is 17.1. The molecule has 2 aromatic carbocycles. The second-order valence-electron chi connectivity index (χ2n) is 6.87. The molecule has 1 amide bonds. The number of carbonyl (C=O) groups is 1. The lowest BCUT2D eigenvalue weighted by atomic mass is 10.0. The van der Waals surface area contributed by atoms with E-state index < -0.39 is 0 Å². The Kier molecular flexibility index (Phi) is 7.87. The van der Waals surface area contributed by atoms with Crippen LogP contribution in [-0.4, -0.2) is 31.9 Å². The lowest BCUT2D eigenvalue weighted by Crippen LogP contribution is -2.18. The molecule has 1 N–H and O–H groups in total. The van der Waals surface area contributed by atoms with Gasteiger partial charge in [0.25, 0.3) is 5.91 Å². The number of hydrogen-bond acceptors (Lipinski definition) is 5. The molecular weight excluding hydrogens is 356 g/mol. The Morgan fingerprint density at radius 1 is 1.11 bits per heavy atom. The van der Waals surface area contributed by atoms with Crippen molar-refractivity contribution in [1.29, 1.82) is 0 Å². The van der Waals surface area contributed by atoms with E-state index in [2.05, 4.69) is 24.3 Å². The SMILES string of the molecule is COc1cc(/C=N\OCC(=O)Nc2ccccc2C(C)C)ccc1OC(C)C. The maximum absolute atomic E-state index is 12.1. The van der Waals surface area contributed by atoms with E-state index in [1.54, 1.807) is 13.2 Å². The number of anilines is 1. The highest BCUT2D eigenvalue weighted by Gasteiger charge is 2.10. The number of nitrogens with one attached hydrogen (secondary N) is 1. The van der Waals surface area contributed by atoms with Crippen LogP contribution >= 0.6 is 0 Å². The molecule has 0 heterocycles. The summed E-state index contributed by atoms with van der Waals surface area (Å²) in [5.41, 5.74) is 2.65. The zero-order valence-corrected chi connectivity index (χ0v) is 17.1. The Morgan fingerprint density at radius 3 is 2.54 bits per heavy atom. The van der Waals surface area contributed by atoms with Gasteiger partial charge in [0.1, 0.15) is 0 Å². The summed E-state index contributed by atoms with van der Waals surface area (Å²) in [5.74, 6) is 1.33. The molecule has 0 saturated carbocycles. The van der Waals surface area contributed by atoms with E-state index in [4.69, 9.17) is 14.3 Å². The van der Waals surface area contributed by atoms with Gasteiger partial charge in [0.2, 0.25) is 0 Å². The Balaban J connectivity index is 1.91. The van der Waals surface area contributed by atoms with Gasteiger partial charge in [-0.25, -0.2) is 0 Å². The number of oxime groups is 1. The van der Waals surface area contributed by atoms with E-state index in [1.165, 1.54) is 6.21 Å². The van der Waals surface area contributed by atoms with Crippen molar-refractivity contribution in [2.75, 3.05) is 19.0 Å². The summed E-state index contributed by atoms with van der Waals surface area (Å²) >= 11 is 0. The topological polar surface area (TPSA) is 69.2 Å². The van der Waals surface area contributed by atoms with E-state index in [9.17, 15) is 4.79 Å². The fraction of sp³-hybridized carbons (Fsp3) is 0.364. The van der Waals surface area contributed by atoms with Crippen LogP contribution in [0.1, 0.15) is 44.7 Å². The normalized spacial score (nSPS) is 11.1. The number of para-hydroxylation sites is 1. The molecule has 6 heteroatoms. The molecule has 0 aliphatic carbocycles. The zero-order chi connectivity index (χ0) is 20.5. The van der Waals surface area contributed by atoms with E-state index in [0.29, 0.717) is 17.4 Å². The van der Waals surface area contributed by atoms with Gasteiger partial charge in [0.15, 0.2) is 18.1 Å². The highest BCUT2D eigenvalue weighted by atomic mass is 16.6. The van der Waals surface area contributed by atoms with E-state index >= 15 is 0 Å². The number of amides is 1. The molecule has 28 heavy (non-hydrogen) atoms. The van der Waals surface area contributed by atoms with Gasteiger partial charge in [-0.2, -0.15) is 0 Å². The van der Waals surface area contributed by atoms with E-state index in [0.717, 1.165) is 16.8 Å². The standard InChI is InChI=1S/C22H28N2O4/c1-15(2)18-8-6-7-9-19(18)24-22(25)14-27-23-13-17-10-11-20(28-16(3)4)21(12-17)26-5/h6-13,15-16H,14H2,1-5H3,(H,24,25)/b23-13-. The minimum absolute atomic E-state index is 0.0519. The first-order valence-corrected chi connectivity index (χ1v) is 9.29. The van der Waals surface area contributed by atoms with Crippen LogP contribution in [0.5, 0.6) is 11.5 Å². The number of benzene rings is 2. The maximum atomic E-state index is 12.1. The van der Waals surface area contributed by atoms with Crippen molar-refractivity contribution < 1.29 is 19.1 Å². The number of ether oxygens (including phenoxy) is 2. The largest absolute Gasteiger partial charge is 0.493 e. The summed E-state index contributed by atoms with van der Waals surface area (Å²) in [4.78, 5) is 17.2. The third-order valence-electron chi connectivity index (χ3n) is 3.88. The summed E-state index contributed by atoms with van der Waals surface area (Å²) in [6, 6.07) is 13.2. The van der Waals surface area contributed by atoms with Crippen molar-refractivity contribution >= 4 is 17.8 Å². The number of carbonyl (C=O) groups excluding carboxylic acids is 1. The molecule has 0 unspecified atom stereocenters. The van der Waals surface area contributed by atoms with E-state index in [1.807, 2.05) is 50.2 Å². The van der Waals surface area contributed by atoms with E-state index in [-0.39, 0.29) is 18.6 Å². The molecule has 150 valence electrons. The first-order chi connectivity index (χ1) is 13.4. The van der Waals surface area contributed by atoms with Crippen LogP contribution in [0.25, 0.3) is 0 Å². The molecule has 0 fully saturated rings. The van der Waals surface area contributed by atoms with Crippen LogP contribution in [0.2, 0.25) is 0 Å². The second-order valence-corrected chi connectivity index (χ2v) is 6.87. The number of methoxy groups -OCH3 is 1. The van der Waals surface area contributed by atoms with Crippen LogP contribution in [0.15, 0.2) is 47.6 Å². The number of nitrogens with zero attached hydrogens (tertiary/aromatic N) is 1. The highest BCUT2D eigenvalue weighted by molar-refractivity contribution is 5.92. The molecule has 0 aromatic heterocycles. The van der Waals surface area contributed by atoms with Crippen molar-refractivity contribution in [2.24, 2.45) is 5.16 Å². The Hall–Kier alpha value is -3.02. The lowest BCUT2D eigenvalue weighted by Gasteiger charge is -2.13. The van der Waals surface area contributed by atoms with Crippen molar-refractivity contribution in [2.45, 2.75) is 39.7 Å². The fourth-order valence-electron chi connectivity index (χ4n) is 2.61. The van der Waals surface area contributed by atoms with Crippen LogP contribution in [0, 0.1) is 0 Å². The van der Waals surface area contributed by atoms with Crippen molar-refractivity contribution in [3.8, 4) is 11.5 Å². The van der Waals surface area contributed by atoms with Gasteiger partial charge >= 0.3 is 0 Å². The molecule has 0 saturated heterocycles. The Bertz CT molecular complexity index is 816. The first kappa shape index (κ1) is 21.3. The Labute approximate surface area is 166 Å². The van der Waals surface area contributed by atoms with Crippen molar-refractivity contribution in [3.63, 3.8) is 0 Å². The fourth-order valence-corrected chi connectivity index (χ4v) is 2.61. The monoisotopic (exact) mass is 384 g/mol. The summed E-state index contributed by atoms with van der Waals surface area (Å²) in [6.07, 6.45) is 1.58. The summed E-state index contributed by atoms with van der Waals surface area (Å²) in [6.45, 7) is 7.89. The molecule has 0 bridgehead atoms. The summed E-state index contributed by atoms with van der Waals surface area (Å²) in [5, 5.41) is 6.72. The highest BCUT2D eigenvalue weighted by Crippen LogP contribution is 2.28. The minimum atomic E-state index is -0.261. The molecule has 0 radical (unpaired) electrons. The quantitative estimate of drug-likeness (QED) is 0.507. The molecular formula is C22H28N2O4. The van der Waals surface area contributed by atoms with Crippen LogP contribution in [0.4, 0.5) is 5.69 Å². The van der Waals surface area contributed by atoms with Gasteiger partial charge in [-0.3, -0.25) is 4.79 Å². The smallest absolute Gasteiger partial charge is 0.265 e. The molecule has 0 aliphatic heterocycles. The van der Waals surface area contributed by atoms with Gasteiger partial charge in [0.05, 0.1) is 19.4 Å². The lowest BCUT2D eigenvalue weighted by molar-refractivity contribution is -0.120. The van der Waals surface area contributed by atoms with Gasteiger partial charge in [-0.1, -0.05) is 37.2 Å². The predicted octanol–water partition coefficient (Wildman–Crippen LogP) is 4.60. The van der Waals surface area contributed by atoms with Crippen molar-refractivity contribution in [3.05, 3.63) is 53.6 Å². The van der Waals surface area contributed by atoms with Gasteiger partial charge in [-0.15, -0.1) is 0 Å². The maximum Gasteiger partial charge on any atom is 0.265 e. The molecule has 2 aromatic rings. The minimum Gasteiger partial charge on any atom is -0.493 e. The summed E-state index contributed by atoms with van der Waals surface area (Å²) in [7, 11) is 1.58. The third kappa shape index (κ3) is 6.30. The molecule has 0 spiro atoms. The average Bonchev–Trinajstić information content (AvgIpc) is 2.66. The first-order valence-electron chi connectivity index (χ1n) is 9.29. The third-order valence-corrected chi connectivity index (χ3v) is 3.88. The second kappa shape index (κ2) is 10.3. The number of rotatable bonds is 9. The Morgan fingerprint density at radius 2 is 1.86 bits per heavy atom. The van der Waals surface area contributed by atoms with Crippen LogP contribution in [-0.2, 0) is 9.63 Å². The van der Waals surface area contributed by atoms with Gasteiger partial charge in [0, 0.05) is 11.3 Å². The molecule has 0 atom stereocenters. The average molecular weight is 384 g/mol. The van der Waals surface area contributed by atoms with Crippen LogP contribution < -0.4 is 14.8 Å². The number of hydrogen-bond donors (Lipinski definition) is 1. The molecule has 2 rings (SSSR count). The van der Waals surface area contributed by atoms with Crippen LogP contribution in [0.3, 0.4) is 0 Å². The summed E-state index contributed by atoms with van der Waals surface area (Å²) < 4.78 is 11.0. The molecule has 6 nitrogen and oxygen atoms in total. The van der Waals surface area contributed by atoms with Gasteiger partial charge in [-0.05, 0) is 49.6 Å². The molecule has 0 aliphatic rings. The van der Waals surface area contributed by atoms with Gasteiger partial charge < -0.3 is 19.6 Å². The van der Waals surface area contributed by atoms with Crippen molar-refractivity contribution in [1.82, 2.24) is 0 Å².